The number of amides is 1. The van der Waals surface area contributed by atoms with Gasteiger partial charge < -0.3 is 10.4 Å². The zero-order valence-electron chi connectivity index (χ0n) is 15.8. The van der Waals surface area contributed by atoms with Crippen LogP contribution in [-0.2, 0) is 9.59 Å². The Morgan fingerprint density at radius 3 is 2.67 bits per heavy atom. The molecule has 0 bridgehead atoms. The first-order valence-corrected chi connectivity index (χ1v) is 11.4. The SMILES string of the molecule is CCCCCCCCNC(=O)CC(CSc1nc2ccccc2s1)C(=O)O. The van der Waals surface area contributed by atoms with Gasteiger partial charge in [-0.15, -0.1) is 11.3 Å². The third-order valence-corrected chi connectivity index (χ3v) is 6.66. The van der Waals surface area contributed by atoms with Crippen LogP contribution in [0.15, 0.2) is 28.6 Å². The highest BCUT2D eigenvalue weighted by Crippen LogP contribution is 2.30. The van der Waals surface area contributed by atoms with E-state index in [9.17, 15) is 14.7 Å². The molecule has 0 radical (unpaired) electrons. The lowest BCUT2D eigenvalue weighted by Crippen LogP contribution is -2.30. The van der Waals surface area contributed by atoms with Gasteiger partial charge in [-0.1, -0.05) is 62.9 Å². The van der Waals surface area contributed by atoms with Gasteiger partial charge in [-0.25, -0.2) is 4.98 Å². The van der Waals surface area contributed by atoms with Crippen LogP contribution in [0.25, 0.3) is 10.2 Å². The Kier molecular flexibility index (Phi) is 9.62. The summed E-state index contributed by atoms with van der Waals surface area (Å²) in [4.78, 5) is 28.0. The number of carboxylic acids is 1. The first-order valence-electron chi connectivity index (χ1n) is 9.58. The van der Waals surface area contributed by atoms with Gasteiger partial charge in [0.1, 0.15) is 0 Å². The molecule has 1 unspecified atom stereocenters. The van der Waals surface area contributed by atoms with Gasteiger partial charge in [0.05, 0.1) is 16.1 Å². The van der Waals surface area contributed by atoms with E-state index in [0.717, 1.165) is 27.4 Å². The quantitative estimate of drug-likeness (QED) is 0.362. The van der Waals surface area contributed by atoms with Gasteiger partial charge in [0, 0.05) is 18.7 Å². The van der Waals surface area contributed by atoms with Gasteiger partial charge in [0.2, 0.25) is 5.91 Å². The Morgan fingerprint density at radius 2 is 1.93 bits per heavy atom. The highest BCUT2D eigenvalue weighted by molar-refractivity contribution is 8.01. The summed E-state index contributed by atoms with van der Waals surface area (Å²) in [6.45, 7) is 2.82. The van der Waals surface area contributed by atoms with Crippen LogP contribution in [0.3, 0.4) is 0 Å². The molecular formula is C20H28N2O3S2. The average molecular weight is 409 g/mol. The smallest absolute Gasteiger partial charge is 0.307 e. The van der Waals surface area contributed by atoms with Crippen LogP contribution in [0.2, 0.25) is 0 Å². The van der Waals surface area contributed by atoms with Crippen LogP contribution in [0, 0.1) is 5.92 Å². The molecule has 7 heteroatoms. The Balaban J connectivity index is 1.71. The second-order valence-electron chi connectivity index (χ2n) is 6.62. The maximum atomic E-state index is 12.0. The number of aromatic nitrogens is 1. The van der Waals surface area contributed by atoms with Crippen LogP contribution in [0.1, 0.15) is 51.9 Å². The van der Waals surface area contributed by atoms with Crippen LogP contribution in [0.4, 0.5) is 0 Å². The van der Waals surface area contributed by atoms with Gasteiger partial charge in [0.15, 0.2) is 4.34 Å². The predicted molar refractivity (Wildman–Crippen MR) is 112 cm³/mol. The number of hydrogen-bond donors (Lipinski definition) is 2. The molecule has 0 spiro atoms. The molecule has 0 aliphatic rings. The zero-order valence-corrected chi connectivity index (χ0v) is 17.4. The molecule has 1 amide bonds. The van der Waals surface area contributed by atoms with Crippen LogP contribution < -0.4 is 5.32 Å². The number of carboxylic acid groups (broad SMARTS) is 1. The van der Waals surface area contributed by atoms with E-state index in [2.05, 4.69) is 17.2 Å². The number of para-hydroxylation sites is 1. The highest BCUT2D eigenvalue weighted by atomic mass is 32.2. The van der Waals surface area contributed by atoms with E-state index in [4.69, 9.17) is 0 Å². The third-order valence-electron chi connectivity index (χ3n) is 4.32. The molecule has 0 aliphatic heterocycles. The zero-order chi connectivity index (χ0) is 19.5. The van der Waals surface area contributed by atoms with E-state index >= 15 is 0 Å². The molecule has 2 rings (SSSR count). The molecular weight excluding hydrogens is 380 g/mol. The number of nitrogens with zero attached hydrogens (tertiary/aromatic N) is 1. The van der Waals surface area contributed by atoms with E-state index in [1.165, 1.54) is 37.4 Å². The summed E-state index contributed by atoms with van der Waals surface area (Å²) >= 11 is 2.96. The summed E-state index contributed by atoms with van der Waals surface area (Å²) in [5.74, 6) is -1.47. The summed E-state index contributed by atoms with van der Waals surface area (Å²) in [6.07, 6.45) is 7.00. The fourth-order valence-electron chi connectivity index (χ4n) is 2.73. The number of unbranched alkanes of at least 4 members (excludes halogenated alkanes) is 5. The monoisotopic (exact) mass is 408 g/mol. The number of thiazole rings is 1. The lowest BCUT2D eigenvalue weighted by molar-refractivity contribution is -0.143. The minimum Gasteiger partial charge on any atom is -0.481 e. The average Bonchev–Trinajstić information content (AvgIpc) is 3.07. The van der Waals surface area contributed by atoms with Crippen molar-refractivity contribution < 1.29 is 14.7 Å². The van der Waals surface area contributed by atoms with E-state index in [-0.39, 0.29) is 12.3 Å². The number of carbonyl (C=O) groups excluding carboxylic acids is 1. The molecule has 5 nitrogen and oxygen atoms in total. The lowest BCUT2D eigenvalue weighted by Gasteiger charge is -2.11. The van der Waals surface area contributed by atoms with Crippen molar-refractivity contribution in [1.82, 2.24) is 10.3 Å². The molecule has 0 fully saturated rings. The van der Waals surface area contributed by atoms with Crippen molar-refractivity contribution in [3.63, 3.8) is 0 Å². The first-order chi connectivity index (χ1) is 13.1. The standard InChI is InChI=1S/C20H28N2O3S2/c1-2-3-4-5-6-9-12-21-18(23)13-15(19(24)25)14-26-20-22-16-10-7-8-11-17(16)27-20/h7-8,10-11,15H,2-6,9,12-14H2,1H3,(H,21,23)(H,24,25). The minimum absolute atomic E-state index is 0.0169. The summed E-state index contributed by atoms with van der Waals surface area (Å²) in [6, 6.07) is 7.84. The maximum absolute atomic E-state index is 12.0. The predicted octanol–water partition coefficient (Wildman–Crippen LogP) is 4.96. The van der Waals surface area contributed by atoms with Crippen molar-refractivity contribution in [2.24, 2.45) is 5.92 Å². The molecule has 0 saturated heterocycles. The van der Waals surface area contributed by atoms with Gasteiger partial charge in [-0.05, 0) is 18.6 Å². The van der Waals surface area contributed by atoms with Crippen molar-refractivity contribution in [2.45, 2.75) is 56.2 Å². The minimum atomic E-state index is -0.932. The van der Waals surface area contributed by atoms with E-state index < -0.39 is 11.9 Å². The number of rotatable bonds is 13. The maximum Gasteiger partial charge on any atom is 0.307 e. The van der Waals surface area contributed by atoms with Crippen LogP contribution in [0.5, 0.6) is 0 Å². The third kappa shape index (κ3) is 7.89. The van der Waals surface area contributed by atoms with Crippen LogP contribution in [-0.4, -0.2) is 34.3 Å². The molecule has 1 heterocycles. The topological polar surface area (TPSA) is 79.3 Å². The Bertz CT molecular complexity index is 700. The second-order valence-corrected chi connectivity index (χ2v) is 8.91. The Hall–Kier alpha value is -1.60. The fourth-order valence-corrected chi connectivity index (χ4v) is 4.90. The van der Waals surface area contributed by atoms with E-state index in [1.54, 1.807) is 11.3 Å². The number of carbonyl (C=O) groups is 2. The van der Waals surface area contributed by atoms with Gasteiger partial charge in [0.25, 0.3) is 0 Å². The van der Waals surface area contributed by atoms with Gasteiger partial charge in [-0.2, -0.15) is 0 Å². The van der Waals surface area contributed by atoms with Crippen molar-refractivity contribution >= 4 is 45.2 Å². The van der Waals surface area contributed by atoms with Crippen molar-refractivity contribution in [1.29, 1.82) is 0 Å². The molecule has 2 N–H and O–H groups in total. The summed E-state index contributed by atoms with van der Waals surface area (Å²) < 4.78 is 1.93. The van der Waals surface area contributed by atoms with Gasteiger partial charge in [-0.3, -0.25) is 9.59 Å². The van der Waals surface area contributed by atoms with E-state index in [1.807, 2.05) is 24.3 Å². The van der Waals surface area contributed by atoms with Crippen molar-refractivity contribution in [3.05, 3.63) is 24.3 Å². The normalized spacial score (nSPS) is 12.2. The summed E-state index contributed by atoms with van der Waals surface area (Å²) in [5.41, 5.74) is 0.925. The first kappa shape index (κ1) is 21.7. The molecule has 1 aromatic carbocycles. The van der Waals surface area contributed by atoms with Crippen molar-refractivity contribution in [2.75, 3.05) is 12.3 Å². The molecule has 0 saturated carbocycles. The number of benzene rings is 1. The molecule has 2 aromatic rings. The van der Waals surface area contributed by atoms with Gasteiger partial charge >= 0.3 is 5.97 Å². The number of thioether (sulfide) groups is 1. The molecule has 27 heavy (non-hydrogen) atoms. The summed E-state index contributed by atoms with van der Waals surface area (Å²) in [5, 5.41) is 12.3. The summed E-state index contributed by atoms with van der Waals surface area (Å²) in [7, 11) is 0. The number of hydrogen-bond acceptors (Lipinski definition) is 5. The lowest BCUT2D eigenvalue weighted by atomic mass is 10.1. The molecule has 1 atom stereocenters. The Morgan fingerprint density at radius 1 is 1.19 bits per heavy atom. The van der Waals surface area contributed by atoms with Crippen LogP contribution >= 0.6 is 23.1 Å². The number of nitrogens with one attached hydrogen (secondary N) is 1. The molecule has 0 aliphatic carbocycles. The largest absolute Gasteiger partial charge is 0.481 e. The number of aliphatic carboxylic acids is 1. The number of fused-ring (bicyclic) bond motifs is 1. The van der Waals surface area contributed by atoms with Crippen molar-refractivity contribution in [3.8, 4) is 0 Å². The highest BCUT2D eigenvalue weighted by Gasteiger charge is 2.22. The Labute approximate surface area is 169 Å². The molecule has 1 aromatic heterocycles. The fraction of sp³-hybridized carbons (Fsp3) is 0.550. The second kappa shape index (κ2) is 12.0. The van der Waals surface area contributed by atoms with E-state index in [0.29, 0.717) is 12.3 Å². The molecule has 148 valence electrons.